The van der Waals surface area contributed by atoms with E-state index in [0.717, 1.165) is 0 Å². The van der Waals surface area contributed by atoms with Gasteiger partial charge in [0.2, 0.25) is 0 Å². The molecular formula is C22H26N2O8. The van der Waals surface area contributed by atoms with Gasteiger partial charge in [0.25, 0.3) is 0 Å². The van der Waals surface area contributed by atoms with Crippen LogP contribution in [0.1, 0.15) is 35.8 Å². The van der Waals surface area contributed by atoms with E-state index in [1.807, 2.05) is 0 Å². The Bertz CT molecular complexity index is 926. The van der Waals surface area contributed by atoms with Crippen molar-refractivity contribution in [2.75, 3.05) is 25.7 Å². The average Bonchev–Trinajstić information content (AvgIpc) is 2.76. The molecule has 0 saturated carbocycles. The third-order valence-corrected chi connectivity index (χ3v) is 4.44. The fourth-order valence-corrected chi connectivity index (χ4v) is 2.71. The van der Waals surface area contributed by atoms with E-state index in [0.29, 0.717) is 22.5 Å². The summed E-state index contributed by atoms with van der Waals surface area (Å²) in [5.41, 5.74) is 13.2. The quantitative estimate of drug-likeness (QED) is 0.346. The molecule has 2 unspecified atom stereocenters. The summed E-state index contributed by atoms with van der Waals surface area (Å²) in [6, 6.07) is 12.9. The van der Waals surface area contributed by atoms with Crippen molar-refractivity contribution in [1.29, 1.82) is 0 Å². The van der Waals surface area contributed by atoms with Crippen LogP contribution in [-0.2, 0) is 28.7 Å². The zero-order valence-corrected chi connectivity index (χ0v) is 17.7. The highest BCUT2D eigenvalue weighted by atomic mass is 16.5. The summed E-state index contributed by atoms with van der Waals surface area (Å²) in [5, 5.41) is 17.4. The van der Waals surface area contributed by atoms with Gasteiger partial charge in [-0.2, -0.15) is 0 Å². The molecule has 10 heteroatoms. The molecule has 0 fully saturated rings. The first-order valence-corrected chi connectivity index (χ1v) is 9.39. The zero-order chi connectivity index (χ0) is 24.3. The molecule has 2 rings (SSSR count). The molecule has 2 atom stereocenters. The Labute approximate surface area is 184 Å². The Hall–Kier alpha value is -4.08. The molecule has 0 aliphatic carbocycles. The summed E-state index contributed by atoms with van der Waals surface area (Å²) in [5.74, 6) is -4.91. The number of ether oxygens (including phenoxy) is 2. The summed E-state index contributed by atoms with van der Waals surface area (Å²) in [7, 11) is 2.56. The number of anilines is 2. The van der Waals surface area contributed by atoms with E-state index < -0.39 is 42.1 Å². The van der Waals surface area contributed by atoms with Crippen molar-refractivity contribution in [1.82, 2.24) is 0 Å². The third-order valence-electron chi connectivity index (χ3n) is 4.44. The lowest BCUT2D eigenvalue weighted by Crippen LogP contribution is -2.18. The Morgan fingerprint density at radius 2 is 1.19 bits per heavy atom. The molecule has 10 nitrogen and oxygen atoms in total. The molecule has 172 valence electrons. The first-order valence-electron chi connectivity index (χ1n) is 9.39. The van der Waals surface area contributed by atoms with Crippen molar-refractivity contribution < 1.29 is 38.9 Å². The lowest BCUT2D eigenvalue weighted by atomic mass is 9.95. The van der Waals surface area contributed by atoms with Gasteiger partial charge in [0, 0.05) is 11.4 Å². The number of nitrogens with two attached hydrogens (primary N) is 2. The highest BCUT2D eigenvalue weighted by molar-refractivity contribution is 5.84. The third kappa shape index (κ3) is 8.34. The van der Waals surface area contributed by atoms with Gasteiger partial charge in [-0.1, -0.05) is 24.3 Å². The summed E-state index contributed by atoms with van der Waals surface area (Å²) >= 11 is 0. The second-order valence-electron chi connectivity index (χ2n) is 6.68. The molecule has 2 aromatic rings. The number of carbonyl (C=O) groups excluding carboxylic acids is 2. The van der Waals surface area contributed by atoms with Gasteiger partial charge in [-0.05, 0) is 35.4 Å². The minimum atomic E-state index is -1.15. The Kier molecular flexibility index (Phi) is 10.2. The number of methoxy groups -OCH3 is 2. The maximum Gasteiger partial charge on any atom is 0.313 e. The van der Waals surface area contributed by atoms with Crippen molar-refractivity contribution in [2.24, 2.45) is 0 Å². The summed E-state index contributed by atoms with van der Waals surface area (Å²) in [4.78, 5) is 44.1. The van der Waals surface area contributed by atoms with Gasteiger partial charge in [-0.3, -0.25) is 19.2 Å². The lowest BCUT2D eigenvalue weighted by Gasteiger charge is -2.13. The molecule has 0 amide bonds. The number of carbonyl (C=O) groups is 4. The Morgan fingerprint density at radius 3 is 1.53 bits per heavy atom. The number of hydrogen-bond donors (Lipinski definition) is 4. The van der Waals surface area contributed by atoms with Crippen molar-refractivity contribution in [3.63, 3.8) is 0 Å². The molecule has 0 radical (unpaired) electrons. The van der Waals surface area contributed by atoms with Crippen molar-refractivity contribution in [2.45, 2.75) is 24.7 Å². The number of benzene rings is 2. The van der Waals surface area contributed by atoms with Crippen molar-refractivity contribution in [3.05, 3.63) is 59.7 Å². The predicted molar refractivity (Wildman–Crippen MR) is 116 cm³/mol. The number of esters is 2. The van der Waals surface area contributed by atoms with Gasteiger partial charge in [0.05, 0.1) is 38.9 Å². The van der Waals surface area contributed by atoms with Crippen LogP contribution in [0.2, 0.25) is 0 Å². The second kappa shape index (κ2) is 12.6. The molecule has 0 aliphatic rings. The van der Waals surface area contributed by atoms with Gasteiger partial charge in [0.1, 0.15) is 0 Å². The number of rotatable bonds is 8. The molecule has 0 spiro atoms. The van der Waals surface area contributed by atoms with Crippen LogP contribution in [-0.4, -0.2) is 48.3 Å². The molecule has 2 aromatic carbocycles. The van der Waals surface area contributed by atoms with Gasteiger partial charge < -0.3 is 31.2 Å². The molecule has 0 aliphatic heterocycles. The molecule has 32 heavy (non-hydrogen) atoms. The molecule has 0 bridgehead atoms. The smallest absolute Gasteiger partial charge is 0.313 e. The predicted octanol–water partition coefficient (Wildman–Crippen LogP) is 2.00. The summed E-state index contributed by atoms with van der Waals surface area (Å²) in [6.45, 7) is 0. The highest BCUT2D eigenvalue weighted by Crippen LogP contribution is 2.23. The minimum Gasteiger partial charge on any atom is -0.481 e. The van der Waals surface area contributed by atoms with Crippen molar-refractivity contribution >= 4 is 35.3 Å². The SMILES string of the molecule is COC(=O)CC(C(=O)OC)c1ccc(N)cc1.Nc1ccc(C(CC(=O)O)C(=O)O)cc1. The van der Waals surface area contributed by atoms with E-state index in [-0.39, 0.29) is 6.42 Å². The number of carboxylic acid groups (broad SMARTS) is 2. The molecule has 6 N–H and O–H groups in total. The largest absolute Gasteiger partial charge is 0.481 e. The molecule has 0 aromatic heterocycles. The van der Waals surface area contributed by atoms with E-state index >= 15 is 0 Å². The van der Waals surface area contributed by atoms with Crippen LogP contribution in [0.3, 0.4) is 0 Å². The van der Waals surface area contributed by atoms with E-state index in [4.69, 9.17) is 21.7 Å². The number of hydrogen-bond acceptors (Lipinski definition) is 8. The van der Waals surface area contributed by atoms with Gasteiger partial charge in [-0.25, -0.2) is 0 Å². The lowest BCUT2D eigenvalue weighted by molar-refractivity contribution is -0.149. The maximum atomic E-state index is 11.6. The maximum absolute atomic E-state index is 11.6. The molecule has 0 heterocycles. The topological polar surface area (TPSA) is 179 Å². The summed E-state index contributed by atoms with van der Waals surface area (Å²) in [6.07, 6.45) is -0.480. The Balaban J connectivity index is 0.000000323. The van der Waals surface area contributed by atoms with Crippen LogP contribution in [0.25, 0.3) is 0 Å². The minimum absolute atomic E-state index is 0.0485. The first kappa shape index (κ1) is 26.0. The van der Waals surface area contributed by atoms with Crippen molar-refractivity contribution in [3.8, 4) is 0 Å². The summed E-state index contributed by atoms with van der Waals surface area (Å²) < 4.78 is 9.21. The van der Waals surface area contributed by atoms with Crippen LogP contribution < -0.4 is 11.5 Å². The van der Waals surface area contributed by atoms with E-state index in [9.17, 15) is 19.2 Å². The Morgan fingerprint density at radius 1 is 0.750 bits per heavy atom. The highest BCUT2D eigenvalue weighted by Gasteiger charge is 2.25. The van der Waals surface area contributed by atoms with Crippen LogP contribution in [0.5, 0.6) is 0 Å². The normalized spacial score (nSPS) is 11.8. The standard InChI is InChI=1S/C12H15NO4.C10H11NO4/c1-16-11(14)7-10(12(15)17-2)8-3-5-9(13)6-4-8;11-7-3-1-6(2-4-7)8(10(14)15)5-9(12)13/h3-6,10H,7,13H2,1-2H3;1-4,8H,5,11H2,(H,12,13)(H,14,15). The van der Waals surface area contributed by atoms with Gasteiger partial charge in [-0.15, -0.1) is 0 Å². The monoisotopic (exact) mass is 446 g/mol. The van der Waals surface area contributed by atoms with E-state index in [1.165, 1.54) is 26.4 Å². The number of carboxylic acids is 2. The van der Waals surface area contributed by atoms with Crippen LogP contribution in [0, 0.1) is 0 Å². The average molecular weight is 446 g/mol. The fourth-order valence-electron chi connectivity index (χ4n) is 2.71. The van der Waals surface area contributed by atoms with E-state index in [1.54, 1.807) is 36.4 Å². The second-order valence-corrected chi connectivity index (χ2v) is 6.68. The first-order chi connectivity index (χ1) is 15.1. The fraction of sp³-hybridized carbons (Fsp3) is 0.273. The number of aliphatic carboxylic acids is 2. The van der Waals surface area contributed by atoms with E-state index in [2.05, 4.69) is 9.47 Å². The molecular weight excluding hydrogens is 420 g/mol. The zero-order valence-electron chi connectivity index (χ0n) is 17.7. The van der Waals surface area contributed by atoms with Gasteiger partial charge >= 0.3 is 23.9 Å². The van der Waals surface area contributed by atoms with Crippen LogP contribution >= 0.6 is 0 Å². The van der Waals surface area contributed by atoms with Crippen LogP contribution in [0.4, 0.5) is 11.4 Å². The van der Waals surface area contributed by atoms with Crippen LogP contribution in [0.15, 0.2) is 48.5 Å². The molecule has 0 saturated heterocycles. The number of nitrogen functional groups attached to an aromatic ring is 2. The van der Waals surface area contributed by atoms with Gasteiger partial charge in [0.15, 0.2) is 0 Å².